The molecular weight excluding hydrogens is 334 g/mol. The number of aryl methyl sites for hydroxylation is 2. The summed E-state index contributed by atoms with van der Waals surface area (Å²) in [5, 5.41) is 3.21. The van der Waals surface area contributed by atoms with Gasteiger partial charge in [0.1, 0.15) is 11.4 Å². The van der Waals surface area contributed by atoms with Crippen molar-refractivity contribution >= 4 is 11.6 Å². The van der Waals surface area contributed by atoms with Gasteiger partial charge in [0.25, 0.3) is 0 Å². The predicted octanol–water partition coefficient (Wildman–Crippen LogP) is 6.73. The van der Waals surface area contributed by atoms with E-state index >= 15 is 0 Å². The van der Waals surface area contributed by atoms with E-state index in [-0.39, 0.29) is 16.9 Å². The van der Waals surface area contributed by atoms with Gasteiger partial charge in [-0.1, -0.05) is 65.4 Å². The lowest BCUT2D eigenvalue weighted by molar-refractivity contribution is -0.124. The van der Waals surface area contributed by atoms with Crippen molar-refractivity contribution in [2.24, 2.45) is 5.41 Å². The second-order valence-electron chi connectivity index (χ2n) is 9.59. The largest absolute Gasteiger partial charge is 0.485 e. The van der Waals surface area contributed by atoms with Crippen LogP contribution in [0.1, 0.15) is 96.3 Å². The van der Waals surface area contributed by atoms with Crippen molar-refractivity contribution in [3.8, 4) is 5.75 Å². The molecule has 1 aliphatic rings. The van der Waals surface area contributed by atoms with Gasteiger partial charge in [-0.05, 0) is 45.2 Å². The summed E-state index contributed by atoms with van der Waals surface area (Å²) in [6.45, 7) is 14.8. The molecule has 0 saturated carbocycles. The highest BCUT2D eigenvalue weighted by Gasteiger charge is 2.35. The monoisotopic (exact) mass is 373 g/mol. The maximum absolute atomic E-state index is 13.0. The highest BCUT2D eigenvalue weighted by atomic mass is 16.5. The zero-order valence-corrected chi connectivity index (χ0v) is 18.6. The minimum atomic E-state index is -0.372. The van der Waals surface area contributed by atoms with Crippen LogP contribution in [0.2, 0.25) is 0 Å². The van der Waals surface area contributed by atoms with Crippen molar-refractivity contribution in [1.29, 1.82) is 0 Å². The van der Waals surface area contributed by atoms with Gasteiger partial charge in [-0.2, -0.15) is 0 Å². The summed E-state index contributed by atoms with van der Waals surface area (Å²) in [4.78, 5) is 13.0. The molecule has 1 heterocycles. The molecule has 0 unspecified atom stereocenters. The molecule has 0 bridgehead atoms. The van der Waals surface area contributed by atoms with E-state index in [0.717, 1.165) is 36.3 Å². The predicted molar refractivity (Wildman–Crippen MR) is 115 cm³/mol. The molecule has 1 aliphatic heterocycles. The molecular formula is C24H39NO2. The summed E-state index contributed by atoms with van der Waals surface area (Å²) in [5.41, 5.74) is 3.83. The van der Waals surface area contributed by atoms with Crippen LogP contribution in [0.15, 0.2) is 6.07 Å². The van der Waals surface area contributed by atoms with Gasteiger partial charge in [-0.3, -0.25) is 4.79 Å². The van der Waals surface area contributed by atoms with Gasteiger partial charge in [0, 0.05) is 17.4 Å². The third-order valence-electron chi connectivity index (χ3n) is 5.79. The molecule has 27 heavy (non-hydrogen) atoms. The third kappa shape index (κ3) is 5.49. The maximum Gasteiger partial charge on any atom is 0.230 e. The Morgan fingerprint density at radius 3 is 2.41 bits per heavy atom. The van der Waals surface area contributed by atoms with Gasteiger partial charge in [0.2, 0.25) is 5.91 Å². The second-order valence-corrected chi connectivity index (χ2v) is 9.59. The molecule has 0 spiro atoms. The first-order valence-corrected chi connectivity index (χ1v) is 10.7. The summed E-state index contributed by atoms with van der Waals surface area (Å²) in [6, 6.07) is 2.17. The maximum atomic E-state index is 13.0. The fourth-order valence-electron chi connectivity index (χ4n) is 3.96. The Kier molecular flexibility index (Phi) is 6.99. The van der Waals surface area contributed by atoms with Gasteiger partial charge in [-0.15, -0.1) is 0 Å². The number of hydrogen-bond donors (Lipinski definition) is 1. The number of hydrogen-bond acceptors (Lipinski definition) is 2. The molecule has 0 aliphatic carbocycles. The Balaban J connectivity index is 2.04. The fraction of sp³-hybridized carbons (Fsp3) is 0.708. The van der Waals surface area contributed by atoms with Crippen molar-refractivity contribution in [3.63, 3.8) is 0 Å². The van der Waals surface area contributed by atoms with E-state index in [2.05, 4.69) is 59.8 Å². The first-order chi connectivity index (χ1) is 12.6. The van der Waals surface area contributed by atoms with E-state index < -0.39 is 0 Å². The Hall–Kier alpha value is -1.51. The number of rotatable bonds is 9. The molecule has 1 amide bonds. The average Bonchev–Trinajstić information content (AvgIpc) is 2.90. The highest BCUT2D eigenvalue weighted by Crippen LogP contribution is 2.44. The minimum absolute atomic E-state index is 0.0958. The number of unbranched alkanes of at least 4 members (excludes halogenated alkanes) is 5. The molecule has 0 atom stereocenters. The smallest absolute Gasteiger partial charge is 0.230 e. The number of nitrogens with one attached hydrogen (secondary N) is 1. The topological polar surface area (TPSA) is 38.3 Å². The van der Waals surface area contributed by atoms with Crippen LogP contribution >= 0.6 is 0 Å². The van der Waals surface area contributed by atoms with Crippen LogP contribution in [-0.4, -0.2) is 11.5 Å². The number of carbonyl (C=O) groups excluding carboxylic acids is 1. The molecule has 1 N–H and O–H groups in total. The Labute approximate surface area is 166 Å². The van der Waals surface area contributed by atoms with Gasteiger partial charge in [0.05, 0.1) is 5.69 Å². The van der Waals surface area contributed by atoms with E-state index in [4.69, 9.17) is 4.74 Å². The van der Waals surface area contributed by atoms with Crippen LogP contribution in [0.5, 0.6) is 5.75 Å². The van der Waals surface area contributed by atoms with Crippen LogP contribution in [-0.2, 0) is 11.2 Å². The Bertz CT molecular complexity index is 673. The molecule has 1 aromatic carbocycles. The van der Waals surface area contributed by atoms with Crippen LogP contribution in [0.3, 0.4) is 0 Å². The summed E-state index contributed by atoms with van der Waals surface area (Å²) in [5.74, 6) is 0.972. The molecule has 152 valence electrons. The van der Waals surface area contributed by atoms with E-state index in [1.54, 1.807) is 0 Å². The van der Waals surface area contributed by atoms with Gasteiger partial charge >= 0.3 is 0 Å². The third-order valence-corrected chi connectivity index (χ3v) is 5.79. The standard InChI is InChI=1S/C24H39NO2/c1-8-9-10-11-12-13-14-23(4,5)22(26)25-20-18(3)15-17(2)19-16-24(6,7)27-21(19)20/h15H,8-14,16H2,1-7H3,(H,25,26). The molecule has 0 radical (unpaired) electrons. The lowest BCUT2D eigenvalue weighted by Gasteiger charge is -2.25. The number of fused-ring (bicyclic) bond motifs is 1. The number of anilines is 1. The summed E-state index contributed by atoms with van der Waals surface area (Å²) >= 11 is 0. The highest BCUT2D eigenvalue weighted by molar-refractivity contribution is 5.97. The van der Waals surface area contributed by atoms with Crippen LogP contribution in [0, 0.1) is 19.3 Å². The summed E-state index contributed by atoms with van der Waals surface area (Å²) in [6.07, 6.45) is 9.31. The van der Waals surface area contributed by atoms with Crippen molar-refractivity contribution in [2.75, 3.05) is 5.32 Å². The number of carbonyl (C=O) groups is 1. The van der Waals surface area contributed by atoms with E-state index in [1.807, 2.05) is 0 Å². The van der Waals surface area contributed by atoms with E-state index in [1.165, 1.54) is 43.2 Å². The quantitative estimate of drug-likeness (QED) is 0.487. The Morgan fingerprint density at radius 2 is 1.74 bits per heavy atom. The van der Waals surface area contributed by atoms with Crippen molar-refractivity contribution in [1.82, 2.24) is 0 Å². The lowest BCUT2D eigenvalue weighted by Crippen LogP contribution is -2.31. The second kappa shape index (κ2) is 8.67. The van der Waals surface area contributed by atoms with Gasteiger partial charge in [0.15, 0.2) is 0 Å². The zero-order valence-electron chi connectivity index (χ0n) is 18.6. The molecule has 2 rings (SSSR count). The molecule has 3 heteroatoms. The van der Waals surface area contributed by atoms with E-state index in [9.17, 15) is 4.79 Å². The fourth-order valence-corrected chi connectivity index (χ4v) is 3.96. The number of amides is 1. The van der Waals surface area contributed by atoms with Gasteiger partial charge < -0.3 is 10.1 Å². The summed E-state index contributed by atoms with van der Waals surface area (Å²) < 4.78 is 6.22. The SMILES string of the molecule is CCCCCCCCC(C)(C)C(=O)Nc1c(C)cc(C)c2c1OC(C)(C)C2. The number of benzene rings is 1. The minimum Gasteiger partial charge on any atom is -0.485 e. The van der Waals surface area contributed by atoms with Crippen molar-refractivity contribution in [2.45, 2.75) is 105 Å². The van der Waals surface area contributed by atoms with Crippen LogP contribution < -0.4 is 10.1 Å². The molecule has 1 aromatic rings. The average molecular weight is 374 g/mol. The lowest BCUT2D eigenvalue weighted by atomic mass is 9.85. The molecule has 0 aromatic heterocycles. The zero-order chi connectivity index (χ0) is 20.2. The van der Waals surface area contributed by atoms with Crippen molar-refractivity contribution < 1.29 is 9.53 Å². The number of ether oxygens (including phenoxy) is 1. The summed E-state index contributed by atoms with van der Waals surface area (Å²) in [7, 11) is 0. The van der Waals surface area contributed by atoms with Crippen molar-refractivity contribution in [3.05, 3.63) is 22.8 Å². The molecule has 0 saturated heterocycles. The first kappa shape index (κ1) is 21.8. The molecule has 3 nitrogen and oxygen atoms in total. The van der Waals surface area contributed by atoms with Crippen LogP contribution in [0.25, 0.3) is 0 Å². The molecule has 0 fully saturated rings. The van der Waals surface area contributed by atoms with Crippen LogP contribution in [0.4, 0.5) is 5.69 Å². The van der Waals surface area contributed by atoms with E-state index in [0.29, 0.717) is 0 Å². The van der Waals surface area contributed by atoms with Gasteiger partial charge in [-0.25, -0.2) is 0 Å². The normalized spacial score (nSPS) is 15.4. The Morgan fingerprint density at radius 1 is 1.11 bits per heavy atom. The first-order valence-electron chi connectivity index (χ1n) is 10.7.